The van der Waals surface area contributed by atoms with Crippen molar-refractivity contribution in [3.05, 3.63) is 33.7 Å². The van der Waals surface area contributed by atoms with E-state index in [0.29, 0.717) is 22.1 Å². The van der Waals surface area contributed by atoms with Crippen LogP contribution in [0.3, 0.4) is 0 Å². The molecule has 20 heavy (non-hydrogen) atoms. The van der Waals surface area contributed by atoms with Gasteiger partial charge in [-0.05, 0) is 25.3 Å². The Morgan fingerprint density at radius 1 is 1.35 bits per heavy atom. The van der Waals surface area contributed by atoms with Crippen molar-refractivity contribution in [1.29, 1.82) is 5.41 Å². The number of aromatic nitrogens is 4. The summed E-state index contributed by atoms with van der Waals surface area (Å²) in [4.78, 5) is 0. The maximum absolute atomic E-state index is 7.84. The Kier molecular flexibility index (Phi) is 4.04. The van der Waals surface area contributed by atoms with E-state index in [1.165, 1.54) is 4.68 Å². The molecule has 0 aromatic carbocycles. The minimum Gasteiger partial charge on any atom is -0.384 e. The van der Waals surface area contributed by atoms with Gasteiger partial charge >= 0.3 is 0 Å². The third-order valence-electron chi connectivity index (χ3n) is 3.15. The van der Waals surface area contributed by atoms with Gasteiger partial charge in [-0.25, -0.2) is 4.68 Å². The van der Waals surface area contributed by atoms with Crippen LogP contribution in [0.25, 0.3) is 5.82 Å². The largest absolute Gasteiger partial charge is 0.384 e. The zero-order chi connectivity index (χ0) is 14.9. The SMILES string of the molecule is CCc1nnc(-n2cc(Cl)c(C)n2)c(C(=N)N)c1CC. The van der Waals surface area contributed by atoms with Crippen LogP contribution in [0.15, 0.2) is 6.20 Å². The molecule has 0 bridgehead atoms. The second-order valence-electron chi connectivity index (χ2n) is 4.45. The van der Waals surface area contributed by atoms with Crippen LogP contribution in [0.2, 0.25) is 5.02 Å². The van der Waals surface area contributed by atoms with Gasteiger partial charge in [-0.1, -0.05) is 25.4 Å². The molecule has 3 N–H and O–H groups in total. The van der Waals surface area contributed by atoms with Gasteiger partial charge in [-0.2, -0.15) is 10.2 Å². The Labute approximate surface area is 122 Å². The van der Waals surface area contributed by atoms with Gasteiger partial charge in [0.2, 0.25) is 0 Å². The van der Waals surface area contributed by atoms with Gasteiger partial charge in [0.15, 0.2) is 5.82 Å². The summed E-state index contributed by atoms with van der Waals surface area (Å²) in [5.41, 5.74) is 8.81. The number of nitrogens with one attached hydrogen (secondary N) is 1. The van der Waals surface area contributed by atoms with Crippen LogP contribution in [-0.2, 0) is 12.8 Å². The number of amidine groups is 1. The molecule has 0 atom stereocenters. The zero-order valence-corrected chi connectivity index (χ0v) is 12.5. The molecule has 0 saturated carbocycles. The Balaban J connectivity index is 2.73. The standard InChI is InChI=1S/C13H17ClN6/c1-4-8-10(5-2)17-18-13(11(8)12(15)16)20-6-9(14)7(3)19-20/h6H,4-5H2,1-3H3,(H3,15,16). The summed E-state index contributed by atoms with van der Waals surface area (Å²) in [6.07, 6.45) is 3.13. The van der Waals surface area contributed by atoms with E-state index >= 15 is 0 Å². The summed E-state index contributed by atoms with van der Waals surface area (Å²) in [5.74, 6) is 0.410. The quantitative estimate of drug-likeness (QED) is 0.666. The summed E-state index contributed by atoms with van der Waals surface area (Å²) in [6.45, 7) is 5.82. The van der Waals surface area contributed by atoms with Gasteiger partial charge in [0.1, 0.15) is 5.84 Å². The first kappa shape index (κ1) is 14.5. The summed E-state index contributed by atoms with van der Waals surface area (Å²) < 4.78 is 1.53. The molecule has 0 amide bonds. The molecule has 2 aromatic rings. The topological polar surface area (TPSA) is 93.5 Å². The fourth-order valence-corrected chi connectivity index (χ4v) is 2.28. The van der Waals surface area contributed by atoms with Crippen molar-refractivity contribution in [3.8, 4) is 5.82 Å². The normalized spacial score (nSPS) is 10.8. The molecule has 2 aromatic heterocycles. The maximum atomic E-state index is 7.84. The molecule has 0 aliphatic heterocycles. The summed E-state index contributed by atoms with van der Waals surface area (Å²) >= 11 is 6.03. The van der Waals surface area contributed by atoms with E-state index < -0.39 is 0 Å². The molecule has 0 unspecified atom stereocenters. The first-order chi connectivity index (χ1) is 9.49. The number of hydrogen-bond donors (Lipinski definition) is 2. The molecule has 106 valence electrons. The number of aryl methyl sites for hydroxylation is 2. The van der Waals surface area contributed by atoms with Crippen LogP contribution in [-0.4, -0.2) is 25.8 Å². The van der Waals surface area contributed by atoms with Crippen molar-refractivity contribution in [3.63, 3.8) is 0 Å². The lowest BCUT2D eigenvalue weighted by Crippen LogP contribution is -2.21. The van der Waals surface area contributed by atoms with E-state index in [1.54, 1.807) is 13.1 Å². The van der Waals surface area contributed by atoms with Crippen LogP contribution in [0.5, 0.6) is 0 Å². The molecule has 0 aliphatic carbocycles. The summed E-state index contributed by atoms with van der Waals surface area (Å²) in [6, 6.07) is 0. The minimum atomic E-state index is -0.0364. The molecular formula is C13H17ClN6. The van der Waals surface area contributed by atoms with Crippen molar-refractivity contribution in [2.45, 2.75) is 33.6 Å². The molecule has 0 spiro atoms. The van der Waals surface area contributed by atoms with Gasteiger partial charge in [0, 0.05) is 0 Å². The van der Waals surface area contributed by atoms with E-state index in [0.717, 1.165) is 24.1 Å². The third-order valence-corrected chi connectivity index (χ3v) is 3.52. The second kappa shape index (κ2) is 5.58. The lowest BCUT2D eigenvalue weighted by atomic mass is 10.0. The number of hydrogen-bond acceptors (Lipinski definition) is 4. The first-order valence-corrected chi connectivity index (χ1v) is 6.82. The Morgan fingerprint density at radius 2 is 2.05 bits per heavy atom. The highest BCUT2D eigenvalue weighted by Gasteiger charge is 2.19. The molecule has 0 fully saturated rings. The molecule has 7 heteroatoms. The van der Waals surface area contributed by atoms with Gasteiger partial charge in [0.25, 0.3) is 0 Å². The lowest BCUT2D eigenvalue weighted by Gasteiger charge is -2.14. The Morgan fingerprint density at radius 3 is 2.50 bits per heavy atom. The predicted molar refractivity (Wildman–Crippen MR) is 78.7 cm³/mol. The van der Waals surface area contributed by atoms with Crippen molar-refractivity contribution >= 4 is 17.4 Å². The van der Waals surface area contributed by atoms with Crippen LogP contribution in [0.4, 0.5) is 0 Å². The van der Waals surface area contributed by atoms with Crippen LogP contribution < -0.4 is 5.73 Å². The maximum Gasteiger partial charge on any atom is 0.187 e. The Hall–Kier alpha value is -1.95. The number of nitrogens with zero attached hydrogens (tertiary/aromatic N) is 4. The fourth-order valence-electron chi connectivity index (χ4n) is 2.15. The average molecular weight is 293 g/mol. The van der Waals surface area contributed by atoms with Crippen molar-refractivity contribution < 1.29 is 0 Å². The first-order valence-electron chi connectivity index (χ1n) is 6.44. The van der Waals surface area contributed by atoms with E-state index in [2.05, 4.69) is 15.3 Å². The molecule has 6 nitrogen and oxygen atoms in total. The molecule has 0 aliphatic rings. The van der Waals surface area contributed by atoms with Gasteiger partial charge in [-0.15, -0.1) is 5.10 Å². The monoisotopic (exact) mass is 292 g/mol. The van der Waals surface area contributed by atoms with E-state index in [9.17, 15) is 0 Å². The van der Waals surface area contributed by atoms with Gasteiger partial charge in [0.05, 0.1) is 28.2 Å². The number of nitrogen functional groups attached to an aromatic ring is 1. The van der Waals surface area contributed by atoms with Gasteiger partial charge < -0.3 is 5.73 Å². The van der Waals surface area contributed by atoms with Crippen LogP contribution in [0, 0.1) is 12.3 Å². The molecule has 2 heterocycles. The summed E-state index contributed by atoms with van der Waals surface area (Å²) in [5, 5.41) is 21.1. The zero-order valence-electron chi connectivity index (χ0n) is 11.7. The highest BCUT2D eigenvalue weighted by Crippen LogP contribution is 2.22. The highest BCUT2D eigenvalue weighted by atomic mass is 35.5. The van der Waals surface area contributed by atoms with E-state index in [1.807, 2.05) is 13.8 Å². The second-order valence-corrected chi connectivity index (χ2v) is 4.86. The minimum absolute atomic E-state index is 0.0364. The third kappa shape index (κ3) is 2.38. The molecular weight excluding hydrogens is 276 g/mol. The fraction of sp³-hybridized carbons (Fsp3) is 0.385. The summed E-state index contributed by atoms with van der Waals surface area (Å²) in [7, 11) is 0. The smallest absolute Gasteiger partial charge is 0.187 e. The predicted octanol–water partition coefficient (Wildman–Crippen LogP) is 2.03. The van der Waals surface area contributed by atoms with Crippen molar-refractivity contribution in [2.24, 2.45) is 5.73 Å². The average Bonchev–Trinajstić information content (AvgIpc) is 2.76. The number of halogens is 1. The highest BCUT2D eigenvalue weighted by molar-refractivity contribution is 6.31. The van der Waals surface area contributed by atoms with Crippen LogP contribution in [0.1, 0.15) is 36.4 Å². The number of nitrogens with two attached hydrogens (primary N) is 1. The van der Waals surface area contributed by atoms with E-state index in [4.69, 9.17) is 22.7 Å². The van der Waals surface area contributed by atoms with Crippen molar-refractivity contribution in [2.75, 3.05) is 0 Å². The molecule has 0 saturated heterocycles. The number of rotatable bonds is 4. The van der Waals surface area contributed by atoms with Gasteiger partial charge in [-0.3, -0.25) is 5.41 Å². The lowest BCUT2D eigenvalue weighted by molar-refractivity contribution is 0.772. The molecule has 2 rings (SSSR count). The van der Waals surface area contributed by atoms with Crippen molar-refractivity contribution in [1.82, 2.24) is 20.0 Å². The molecule has 0 radical (unpaired) electrons. The van der Waals surface area contributed by atoms with E-state index in [-0.39, 0.29) is 5.84 Å². The Bertz CT molecular complexity index is 642. The van der Waals surface area contributed by atoms with Crippen LogP contribution >= 0.6 is 11.6 Å².